The second kappa shape index (κ2) is 8.42. The minimum Gasteiger partial charge on any atom is -0.367 e. The highest BCUT2D eigenvalue weighted by Gasteiger charge is 2.54. The molecule has 3 heterocycles. The number of rotatable bonds is 5. The maximum atomic E-state index is 14.1. The number of ketones is 1. The van der Waals surface area contributed by atoms with Crippen molar-refractivity contribution in [2.75, 3.05) is 51.7 Å². The van der Waals surface area contributed by atoms with E-state index < -0.39 is 18.1 Å². The fourth-order valence-corrected chi connectivity index (χ4v) is 4.43. The van der Waals surface area contributed by atoms with E-state index in [0.717, 1.165) is 4.90 Å². The molecule has 4 rings (SSSR count). The van der Waals surface area contributed by atoms with Crippen molar-refractivity contribution < 1.29 is 23.3 Å². The van der Waals surface area contributed by atoms with E-state index in [0.29, 0.717) is 50.1 Å². The van der Waals surface area contributed by atoms with Gasteiger partial charge in [-0.15, -0.1) is 0 Å². The number of para-hydroxylation sites is 1. The fourth-order valence-electron chi connectivity index (χ4n) is 4.43. The minimum atomic E-state index is -0.795. The molecule has 3 aliphatic rings. The van der Waals surface area contributed by atoms with Gasteiger partial charge >= 0.3 is 11.9 Å². The molecular weight excluding hydrogens is 415 g/mol. The molecule has 9 nitrogen and oxygen atoms in total. The van der Waals surface area contributed by atoms with Gasteiger partial charge in [-0.25, -0.2) is 13.8 Å². The van der Waals surface area contributed by atoms with Crippen LogP contribution in [0.5, 0.6) is 0 Å². The summed E-state index contributed by atoms with van der Waals surface area (Å²) in [6.45, 7) is 6.32. The third-order valence-electron chi connectivity index (χ3n) is 6.48. The van der Waals surface area contributed by atoms with Crippen molar-refractivity contribution in [2.24, 2.45) is 4.99 Å². The number of Topliss-reactive ketones (excluding diaryl/α,β-unsaturated/α-hetero) is 1. The fraction of sp³-hybridized carbons (Fsp3) is 0.500. The highest BCUT2D eigenvalue weighted by molar-refractivity contribution is 6.23. The molecular formula is C22H28FN6O3+. The van der Waals surface area contributed by atoms with Gasteiger partial charge in [0.2, 0.25) is 0 Å². The summed E-state index contributed by atoms with van der Waals surface area (Å²) >= 11 is 0. The first kappa shape index (κ1) is 22.1. The molecule has 2 saturated heterocycles. The quantitative estimate of drug-likeness (QED) is 0.624. The average Bonchev–Trinajstić information content (AvgIpc) is 3.15. The van der Waals surface area contributed by atoms with E-state index in [1.165, 1.54) is 24.9 Å². The Kier molecular flexibility index (Phi) is 5.81. The Hall–Kier alpha value is -3.14. The molecule has 0 spiro atoms. The smallest absolute Gasteiger partial charge is 0.333 e. The van der Waals surface area contributed by atoms with Crippen molar-refractivity contribution in [3.8, 4) is 0 Å². The normalized spacial score (nSPS) is 23.0. The molecule has 3 aliphatic heterocycles. The molecule has 2 atom stereocenters. The number of aliphatic imine (C=N–C) groups is 1. The van der Waals surface area contributed by atoms with E-state index in [4.69, 9.17) is 0 Å². The molecule has 2 fully saturated rings. The number of urea groups is 1. The van der Waals surface area contributed by atoms with Gasteiger partial charge in [0.1, 0.15) is 12.4 Å². The Morgan fingerprint density at radius 3 is 2.44 bits per heavy atom. The van der Waals surface area contributed by atoms with Crippen LogP contribution in [-0.2, 0) is 9.59 Å². The van der Waals surface area contributed by atoms with Gasteiger partial charge in [-0.2, -0.15) is 0 Å². The van der Waals surface area contributed by atoms with Crippen LogP contribution in [0.3, 0.4) is 0 Å². The third kappa shape index (κ3) is 3.68. The molecule has 0 aliphatic carbocycles. The highest BCUT2D eigenvalue weighted by atomic mass is 19.1. The molecule has 1 aromatic carbocycles. The van der Waals surface area contributed by atoms with Crippen LogP contribution in [-0.4, -0.2) is 108 Å². The Balaban J connectivity index is 1.57. The van der Waals surface area contributed by atoms with Gasteiger partial charge < -0.3 is 4.90 Å². The van der Waals surface area contributed by atoms with Gasteiger partial charge in [-0.3, -0.25) is 24.3 Å². The van der Waals surface area contributed by atoms with Gasteiger partial charge in [-0.1, -0.05) is 12.1 Å². The molecule has 2 unspecified atom stereocenters. The number of hydrogen-bond donors (Lipinski definition) is 0. The number of fused-ring (bicyclic) bond motifs is 1. The molecule has 0 bridgehead atoms. The summed E-state index contributed by atoms with van der Waals surface area (Å²) in [4.78, 5) is 48.8. The Morgan fingerprint density at radius 1 is 1.16 bits per heavy atom. The van der Waals surface area contributed by atoms with E-state index in [2.05, 4.69) is 9.89 Å². The summed E-state index contributed by atoms with van der Waals surface area (Å²) in [6.07, 6.45) is 0. The largest absolute Gasteiger partial charge is 0.367 e. The highest BCUT2D eigenvalue weighted by Crippen LogP contribution is 2.23. The lowest BCUT2D eigenvalue weighted by Crippen LogP contribution is -2.63. The van der Waals surface area contributed by atoms with Crippen LogP contribution in [0.1, 0.15) is 13.8 Å². The van der Waals surface area contributed by atoms with Gasteiger partial charge in [-0.05, 0) is 31.0 Å². The van der Waals surface area contributed by atoms with Crippen LogP contribution in [0.4, 0.5) is 14.9 Å². The number of nitrogens with zero attached hydrogens (tertiary/aromatic N) is 6. The molecule has 32 heavy (non-hydrogen) atoms. The predicted octanol–water partition coefficient (Wildman–Crippen LogP) is 0.641. The molecule has 1 aromatic rings. The molecule has 0 N–H and O–H groups in total. The number of amidine groups is 2. The van der Waals surface area contributed by atoms with Gasteiger partial charge in [0, 0.05) is 40.3 Å². The Morgan fingerprint density at radius 2 is 1.81 bits per heavy atom. The van der Waals surface area contributed by atoms with Crippen molar-refractivity contribution in [1.82, 2.24) is 14.7 Å². The standard InChI is InChI=1S/C22H28FN6O3/c1-14(15(2)30)29-18(24-20-19(29)21(31)26(4)22(32)25(20)3)13-27-9-11-28(12-10-27)17-8-6-5-7-16(17)23/h5-8,14,19H,9-13H2,1-4H3/q+1. The molecule has 0 aromatic heterocycles. The maximum absolute atomic E-state index is 14.1. The number of carbonyl (C=O) groups is 3. The zero-order valence-electron chi connectivity index (χ0n) is 18.8. The Bertz CT molecular complexity index is 1030. The average molecular weight is 444 g/mol. The summed E-state index contributed by atoms with van der Waals surface area (Å²) in [5, 5.41) is 0. The summed E-state index contributed by atoms with van der Waals surface area (Å²) in [6, 6.07) is 4.94. The van der Waals surface area contributed by atoms with Crippen molar-refractivity contribution in [3.05, 3.63) is 30.1 Å². The number of likely N-dealkylation sites (N-methyl/N-ethyl adjacent to an activating group) is 2. The molecule has 0 radical (unpaired) electrons. The second-order valence-corrected chi connectivity index (χ2v) is 8.44. The van der Waals surface area contributed by atoms with E-state index >= 15 is 0 Å². The number of carbonyl (C=O) groups excluding carboxylic acids is 3. The van der Waals surface area contributed by atoms with Crippen molar-refractivity contribution in [3.63, 3.8) is 0 Å². The monoisotopic (exact) mass is 443 g/mol. The molecule has 0 saturated carbocycles. The van der Waals surface area contributed by atoms with Crippen LogP contribution < -0.4 is 4.90 Å². The lowest BCUT2D eigenvalue weighted by Gasteiger charge is -2.35. The van der Waals surface area contributed by atoms with E-state index in [9.17, 15) is 18.8 Å². The Labute approximate surface area is 186 Å². The first-order valence-electron chi connectivity index (χ1n) is 10.7. The van der Waals surface area contributed by atoms with E-state index in [1.807, 2.05) is 11.0 Å². The van der Waals surface area contributed by atoms with Crippen LogP contribution in [0.15, 0.2) is 29.3 Å². The molecule has 3 amide bonds. The lowest BCUT2D eigenvalue weighted by atomic mass is 10.1. The van der Waals surface area contributed by atoms with Crippen molar-refractivity contribution >= 4 is 35.1 Å². The number of piperazine rings is 1. The number of imide groups is 1. The molecule has 170 valence electrons. The second-order valence-electron chi connectivity index (χ2n) is 8.44. The minimum absolute atomic E-state index is 0.0849. The van der Waals surface area contributed by atoms with Crippen LogP contribution >= 0.6 is 0 Å². The summed E-state index contributed by atoms with van der Waals surface area (Å²) in [7, 11) is 3.03. The topological polar surface area (TPSA) is 79.5 Å². The zero-order chi connectivity index (χ0) is 23.2. The van der Waals surface area contributed by atoms with Gasteiger partial charge in [0.15, 0.2) is 11.8 Å². The van der Waals surface area contributed by atoms with Crippen LogP contribution in [0.2, 0.25) is 0 Å². The number of amides is 3. The maximum Gasteiger partial charge on any atom is 0.333 e. The predicted molar refractivity (Wildman–Crippen MR) is 118 cm³/mol. The van der Waals surface area contributed by atoms with Crippen molar-refractivity contribution in [1.29, 1.82) is 0 Å². The zero-order valence-corrected chi connectivity index (χ0v) is 18.8. The SMILES string of the molecule is CC(=O)C(C)[N+]1=C(CN2CCN(c3ccccc3F)CC2)N=C2C1C(=O)N(C)C(=O)N2C. The number of halogens is 1. The molecule has 10 heteroatoms. The summed E-state index contributed by atoms with van der Waals surface area (Å²) in [5.41, 5.74) is 0.590. The number of hydrogen-bond acceptors (Lipinski definition) is 6. The van der Waals surface area contributed by atoms with Crippen LogP contribution in [0, 0.1) is 5.82 Å². The third-order valence-corrected chi connectivity index (χ3v) is 6.48. The van der Waals surface area contributed by atoms with Gasteiger partial charge in [0.05, 0.1) is 5.69 Å². The van der Waals surface area contributed by atoms with E-state index in [1.54, 1.807) is 30.7 Å². The number of benzene rings is 1. The summed E-state index contributed by atoms with van der Waals surface area (Å²) < 4.78 is 15.9. The summed E-state index contributed by atoms with van der Waals surface area (Å²) in [5.74, 6) is 0.234. The lowest BCUT2D eigenvalue weighted by molar-refractivity contribution is -0.556. The van der Waals surface area contributed by atoms with Crippen LogP contribution in [0.25, 0.3) is 0 Å². The first-order chi connectivity index (χ1) is 15.2. The number of anilines is 1. The van der Waals surface area contributed by atoms with Gasteiger partial charge in [0.25, 0.3) is 17.8 Å². The first-order valence-corrected chi connectivity index (χ1v) is 10.7. The van der Waals surface area contributed by atoms with Crippen molar-refractivity contribution in [2.45, 2.75) is 25.9 Å². The van der Waals surface area contributed by atoms with E-state index in [-0.39, 0.29) is 17.5 Å².